The molecule has 0 saturated carbocycles. The van der Waals surface area contributed by atoms with Crippen molar-refractivity contribution in [2.45, 2.75) is 25.9 Å². The Balaban J connectivity index is 1.94. The van der Waals surface area contributed by atoms with Crippen LogP contribution in [0.5, 0.6) is 0 Å². The number of aliphatic hydroxyl groups is 1. The molecule has 0 aliphatic carbocycles. The van der Waals surface area contributed by atoms with Gasteiger partial charge in [-0.05, 0) is 18.1 Å². The van der Waals surface area contributed by atoms with E-state index < -0.39 is 0 Å². The van der Waals surface area contributed by atoms with Gasteiger partial charge in [0.25, 0.3) is 0 Å². The molecule has 2 rings (SSSR count). The van der Waals surface area contributed by atoms with Gasteiger partial charge in [0.05, 0.1) is 32.2 Å². The number of rotatable bonds is 8. The van der Waals surface area contributed by atoms with Crippen LogP contribution in [0.4, 0.5) is 0 Å². The highest BCUT2D eigenvalue weighted by Gasteiger charge is 2.13. The maximum Gasteiger partial charge on any atom is 0.229 e. The molecule has 6 nitrogen and oxygen atoms in total. The smallest absolute Gasteiger partial charge is 0.229 e. The Kier molecular flexibility index (Phi) is 5.86. The molecule has 0 aliphatic rings. The Hall–Kier alpha value is -1.76. The molecule has 114 valence electrons. The highest BCUT2D eigenvalue weighted by molar-refractivity contribution is 5.28. The second-order valence-corrected chi connectivity index (χ2v) is 4.82. The van der Waals surface area contributed by atoms with E-state index in [4.69, 9.17) is 9.26 Å². The van der Waals surface area contributed by atoms with Gasteiger partial charge in [-0.25, -0.2) is 0 Å². The van der Waals surface area contributed by atoms with Crippen molar-refractivity contribution in [3.8, 4) is 0 Å². The predicted molar refractivity (Wildman–Crippen MR) is 77.7 cm³/mol. The summed E-state index contributed by atoms with van der Waals surface area (Å²) in [5, 5.41) is 16.7. The first-order valence-corrected chi connectivity index (χ1v) is 6.94. The van der Waals surface area contributed by atoms with Crippen LogP contribution < -0.4 is 5.32 Å². The van der Waals surface area contributed by atoms with E-state index in [1.165, 1.54) is 0 Å². The van der Waals surface area contributed by atoms with Crippen LogP contribution in [-0.2, 0) is 17.7 Å². The molecule has 21 heavy (non-hydrogen) atoms. The minimum atomic E-state index is -0.146. The van der Waals surface area contributed by atoms with Crippen molar-refractivity contribution in [1.29, 1.82) is 0 Å². The van der Waals surface area contributed by atoms with Crippen molar-refractivity contribution < 1.29 is 14.4 Å². The van der Waals surface area contributed by atoms with Crippen LogP contribution in [-0.4, -0.2) is 35.6 Å². The van der Waals surface area contributed by atoms with Crippen LogP contribution in [0.1, 0.15) is 28.9 Å². The SMILES string of the molecule is COCCc1nc(CNC(CO)c2ccccc2C)no1. The first-order chi connectivity index (χ1) is 10.2. The van der Waals surface area contributed by atoms with Gasteiger partial charge in [0.15, 0.2) is 5.82 Å². The number of nitrogens with one attached hydrogen (secondary N) is 1. The highest BCUT2D eigenvalue weighted by Crippen LogP contribution is 2.17. The standard InChI is InChI=1S/C15H21N3O3/c1-11-5-3-4-6-12(11)13(10-19)16-9-14-17-15(21-18-14)7-8-20-2/h3-6,13,16,19H,7-10H2,1-2H3. The van der Waals surface area contributed by atoms with Gasteiger partial charge in [0, 0.05) is 7.11 Å². The molecule has 0 bridgehead atoms. The Bertz CT molecular complexity index is 557. The third-order valence-corrected chi connectivity index (χ3v) is 3.28. The van der Waals surface area contributed by atoms with Crippen molar-refractivity contribution in [3.63, 3.8) is 0 Å². The van der Waals surface area contributed by atoms with Gasteiger partial charge in [-0.1, -0.05) is 29.4 Å². The average molecular weight is 291 g/mol. The molecule has 1 heterocycles. The molecule has 0 radical (unpaired) electrons. The lowest BCUT2D eigenvalue weighted by molar-refractivity contribution is 0.192. The number of methoxy groups -OCH3 is 1. The molecule has 1 aromatic carbocycles. The van der Waals surface area contributed by atoms with E-state index in [0.29, 0.717) is 31.3 Å². The summed E-state index contributed by atoms with van der Waals surface area (Å²) < 4.78 is 10.1. The van der Waals surface area contributed by atoms with Crippen molar-refractivity contribution in [3.05, 3.63) is 47.1 Å². The van der Waals surface area contributed by atoms with E-state index >= 15 is 0 Å². The monoisotopic (exact) mass is 291 g/mol. The van der Waals surface area contributed by atoms with Crippen molar-refractivity contribution >= 4 is 0 Å². The molecule has 0 spiro atoms. The number of hydrogen-bond acceptors (Lipinski definition) is 6. The molecule has 0 amide bonds. The summed E-state index contributed by atoms with van der Waals surface area (Å²) in [6.45, 7) is 3.03. The summed E-state index contributed by atoms with van der Waals surface area (Å²) in [6.07, 6.45) is 0.602. The summed E-state index contributed by atoms with van der Waals surface area (Å²) >= 11 is 0. The molecule has 0 aliphatic heterocycles. The summed E-state index contributed by atoms with van der Waals surface area (Å²) in [4.78, 5) is 4.27. The molecule has 6 heteroatoms. The highest BCUT2D eigenvalue weighted by atomic mass is 16.5. The van der Waals surface area contributed by atoms with Gasteiger partial charge in [-0.15, -0.1) is 0 Å². The van der Waals surface area contributed by atoms with Crippen LogP contribution in [0.2, 0.25) is 0 Å². The fourth-order valence-corrected chi connectivity index (χ4v) is 2.12. The molecular weight excluding hydrogens is 270 g/mol. The first-order valence-electron chi connectivity index (χ1n) is 6.94. The van der Waals surface area contributed by atoms with Gasteiger partial charge in [-0.3, -0.25) is 0 Å². The number of nitrogens with zero attached hydrogens (tertiary/aromatic N) is 2. The summed E-state index contributed by atoms with van der Waals surface area (Å²) in [5.41, 5.74) is 2.21. The number of aryl methyl sites for hydroxylation is 1. The Labute approximate surface area is 124 Å². The van der Waals surface area contributed by atoms with Gasteiger partial charge < -0.3 is 19.7 Å². The lowest BCUT2D eigenvalue weighted by Gasteiger charge is -2.17. The molecule has 1 atom stereocenters. The average Bonchev–Trinajstić information content (AvgIpc) is 2.95. The summed E-state index contributed by atoms with van der Waals surface area (Å²) in [5.74, 6) is 1.14. The number of aromatic nitrogens is 2. The van der Waals surface area contributed by atoms with E-state index in [1.807, 2.05) is 31.2 Å². The zero-order chi connectivity index (χ0) is 15.1. The summed E-state index contributed by atoms with van der Waals surface area (Å²) in [6, 6.07) is 7.82. The van der Waals surface area contributed by atoms with E-state index in [9.17, 15) is 5.11 Å². The largest absolute Gasteiger partial charge is 0.394 e. The second-order valence-electron chi connectivity index (χ2n) is 4.82. The molecule has 2 N–H and O–H groups in total. The fraction of sp³-hybridized carbons (Fsp3) is 0.467. The number of benzene rings is 1. The maximum absolute atomic E-state index is 9.56. The van der Waals surface area contributed by atoms with Crippen LogP contribution >= 0.6 is 0 Å². The van der Waals surface area contributed by atoms with Gasteiger partial charge in [0.1, 0.15) is 0 Å². The molecular formula is C15H21N3O3. The number of hydrogen-bond donors (Lipinski definition) is 2. The quantitative estimate of drug-likeness (QED) is 0.765. The summed E-state index contributed by atoms with van der Waals surface area (Å²) in [7, 11) is 1.63. The Morgan fingerprint density at radius 1 is 1.38 bits per heavy atom. The van der Waals surface area contributed by atoms with Crippen LogP contribution in [0.25, 0.3) is 0 Å². The van der Waals surface area contributed by atoms with Gasteiger partial charge in [0.2, 0.25) is 5.89 Å². The van der Waals surface area contributed by atoms with Crippen LogP contribution in [0, 0.1) is 6.92 Å². The van der Waals surface area contributed by atoms with Crippen molar-refractivity contribution in [1.82, 2.24) is 15.5 Å². The topological polar surface area (TPSA) is 80.4 Å². The van der Waals surface area contributed by atoms with Crippen LogP contribution in [0.15, 0.2) is 28.8 Å². The number of aliphatic hydroxyl groups excluding tert-OH is 1. The third-order valence-electron chi connectivity index (χ3n) is 3.28. The zero-order valence-corrected chi connectivity index (χ0v) is 12.4. The molecule has 2 aromatic rings. The Morgan fingerprint density at radius 3 is 2.90 bits per heavy atom. The molecule has 1 unspecified atom stereocenters. The van der Waals surface area contributed by atoms with Crippen molar-refractivity contribution in [2.75, 3.05) is 20.3 Å². The van der Waals surface area contributed by atoms with E-state index in [1.54, 1.807) is 7.11 Å². The third kappa shape index (κ3) is 4.35. The van der Waals surface area contributed by atoms with E-state index in [-0.39, 0.29) is 12.6 Å². The molecule has 0 fully saturated rings. The predicted octanol–water partition coefficient (Wildman–Crippen LogP) is 1.39. The van der Waals surface area contributed by atoms with Crippen molar-refractivity contribution in [2.24, 2.45) is 0 Å². The normalized spacial score (nSPS) is 12.5. The Morgan fingerprint density at radius 2 is 2.19 bits per heavy atom. The minimum absolute atomic E-state index is 0.0131. The van der Waals surface area contributed by atoms with E-state index in [2.05, 4.69) is 15.5 Å². The van der Waals surface area contributed by atoms with E-state index in [0.717, 1.165) is 11.1 Å². The molecule has 1 aromatic heterocycles. The van der Waals surface area contributed by atoms with Gasteiger partial charge in [-0.2, -0.15) is 4.98 Å². The lowest BCUT2D eigenvalue weighted by Crippen LogP contribution is -2.25. The second kappa shape index (κ2) is 7.87. The van der Waals surface area contributed by atoms with Crippen LogP contribution in [0.3, 0.4) is 0 Å². The molecule has 0 saturated heterocycles. The van der Waals surface area contributed by atoms with Gasteiger partial charge >= 0.3 is 0 Å². The minimum Gasteiger partial charge on any atom is -0.394 e. The zero-order valence-electron chi connectivity index (χ0n) is 12.4. The lowest BCUT2D eigenvalue weighted by atomic mass is 10.0. The first kappa shape index (κ1) is 15.6. The maximum atomic E-state index is 9.56. The number of ether oxygens (including phenoxy) is 1. The fourth-order valence-electron chi connectivity index (χ4n) is 2.12.